The summed E-state index contributed by atoms with van der Waals surface area (Å²) >= 11 is 0. The molecule has 2 heterocycles. The smallest absolute Gasteiger partial charge is 0.165 e. The zero-order valence-electron chi connectivity index (χ0n) is 10.1. The van der Waals surface area contributed by atoms with E-state index in [2.05, 4.69) is 20.8 Å². The Morgan fingerprint density at radius 2 is 2.53 bits per heavy atom. The largest absolute Gasteiger partial charge is 0.383 e. The van der Waals surface area contributed by atoms with Crippen LogP contribution < -0.4 is 5.32 Å². The summed E-state index contributed by atoms with van der Waals surface area (Å²) in [4.78, 5) is 0. The molecule has 0 saturated carbocycles. The van der Waals surface area contributed by atoms with Crippen molar-refractivity contribution in [3.63, 3.8) is 0 Å². The maximum absolute atomic E-state index is 5.34. The van der Waals surface area contributed by atoms with Gasteiger partial charge in [0.05, 0.1) is 19.8 Å². The predicted molar refractivity (Wildman–Crippen MR) is 60.3 cm³/mol. The van der Waals surface area contributed by atoms with E-state index in [0.717, 1.165) is 38.5 Å². The van der Waals surface area contributed by atoms with Gasteiger partial charge >= 0.3 is 0 Å². The minimum absolute atomic E-state index is 0.538. The first-order valence-electron chi connectivity index (χ1n) is 5.92. The van der Waals surface area contributed by atoms with Gasteiger partial charge in [0.15, 0.2) is 5.82 Å². The monoisotopic (exact) mass is 241 g/mol. The van der Waals surface area contributed by atoms with Crippen molar-refractivity contribution < 1.29 is 9.47 Å². The van der Waals surface area contributed by atoms with Crippen molar-refractivity contribution in [1.29, 1.82) is 0 Å². The molecule has 1 saturated heterocycles. The highest BCUT2D eigenvalue weighted by atomic mass is 16.5. The summed E-state index contributed by atoms with van der Waals surface area (Å²) in [6.07, 6.45) is 1.09. The molecule has 1 aromatic heterocycles. The van der Waals surface area contributed by atoms with E-state index >= 15 is 0 Å². The van der Waals surface area contributed by atoms with E-state index in [1.54, 1.807) is 7.11 Å². The van der Waals surface area contributed by atoms with Crippen molar-refractivity contribution in [2.45, 2.75) is 19.5 Å². The van der Waals surface area contributed by atoms with E-state index in [-0.39, 0.29) is 0 Å². The molecule has 1 N–H and O–H groups in total. The molecule has 2 rings (SSSR count). The van der Waals surface area contributed by atoms with Gasteiger partial charge in [0.25, 0.3) is 0 Å². The molecule has 7 nitrogen and oxygen atoms in total. The van der Waals surface area contributed by atoms with Crippen molar-refractivity contribution in [3.8, 4) is 0 Å². The van der Waals surface area contributed by atoms with Crippen LogP contribution >= 0.6 is 0 Å². The van der Waals surface area contributed by atoms with E-state index in [0.29, 0.717) is 19.1 Å². The number of tetrazole rings is 1. The van der Waals surface area contributed by atoms with Crippen LogP contribution in [0, 0.1) is 5.92 Å². The van der Waals surface area contributed by atoms with Gasteiger partial charge in [-0.2, -0.15) is 0 Å². The van der Waals surface area contributed by atoms with Crippen LogP contribution in [0.4, 0.5) is 0 Å². The third-order valence-corrected chi connectivity index (χ3v) is 2.83. The first-order chi connectivity index (χ1) is 8.40. The van der Waals surface area contributed by atoms with Crippen LogP contribution in [-0.4, -0.2) is 53.7 Å². The Balaban J connectivity index is 1.79. The van der Waals surface area contributed by atoms with Crippen LogP contribution in [0.1, 0.15) is 12.2 Å². The molecule has 7 heteroatoms. The van der Waals surface area contributed by atoms with Crippen LogP contribution in [0.15, 0.2) is 0 Å². The molecule has 1 fully saturated rings. The molecule has 0 aromatic carbocycles. The average Bonchev–Trinajstić information content (AvgIpc) is 2.97. The number of hydrogen-bond donors (Lipinski definition) is 1. The van der Waals surface area contributed by atoms with Gasteiger partial charge in [0.2, 0.25) is 0 Å². The second kappa shape index (κ2) is 6.63. The Morgan fingerprint density at radius 3 is 3.29 bits per heavy atom. The summed E-state index contributed by atoms with van der Waals surface area (Å²) in [6, 6.07) is 0. The average molecular weight is 241 g/mol. The Labute approximate surface area is 100 Å². The van der Waals surface area contributed by atoms with Crippen molar-refractivity contribution >= 4 is 0 Å². The lowest BCUT2D eigenvalue weighted by atomic mass is 10.1. The molecule has 1 aliphatic rings. The van der Waals surface area contributed by atoms with E-state index in [1.807, 2.05) is 4.68 Å². The number of methoxy groups -OCH3 is 1. The lowest BCUT2D eigenvalue weighted by molar-refractivity contribution is 0.181. The van der Waals surface area contributed by atoms with Gasteiger partial charge in [-0.15, -0.1) is 5.10 Å². The lowest BCUT2D eigenvalue weighted by Gasteiger charge is -2.09. The van der Waals surface area contributed by atoms with Crippen LogP contribution in [-0.2, 0) is 22.6 Å². The van der Waals surface area contributed by atoms with Gasteiger partial charge in [-0.25, -0.2) is 4.68 Å². The summed E-state index contributed by atoms with van der Waals surface area (Å²) in [7, 11) is 1.69. The van der Waals surface area contributed by atoms with E-state index in [4.69, 9.17) is 9.47 Å². The van der Waals surface area contributed by atoms with Crippen LogP contribution in [0.25, 0.3) is 0 Å². The summed E-state index contributed by atoms with van der Waals surface area (Å²) in [5.74, 6) is 1.41. The highest BCUT2D eigenvalue weighted by Crippen LogP contribution is 2.14. The van der Waals surface area contributed by atoms with E-state index < -0.39 is 0 Å². The van der Waals surface area contributed by atoms with E-state index in [1.165, 1.54) is 0 Å². The minimum atomic E-state index is 0.538. The zero-order chi connectivity index (χ0) is 11.9. The Morgan fingerprint density at radius 1 is 1.59 bits per heavy atom. The predicted octanol–water partition coefficient (Wildman–Crippen LogP) is -0.554. The minimum Gasteiger partial charge on any atom is -0.383 e. The first-order valence-corrected chi connectivity index (χ1v) is 5.92. The molecular weight excluding hydrogens is 222 g/mol. The fourth-order valence-electron chi connectivity index (χ4n) is 1.84. The second-order valence-corrected chi connectivity index (χ2v) is 4.18. The molecule has 17 heavy (non-hydrogen) atoms. The Hall–Kier alpha value is -1.05. The molecule has 1 unspecified atom stereocenters. The lowest BCUT2D eigenvalue weighted by Crippen LogP contribution is -2.23. The van der Waals surface area contributed by atoms with E-state index in [9.17, 15) is 0 Å². The van der Waals surface area contributed by atoms with Crippen LogP contribution in [0.5, 0.6) is 0 Å². The molecule has 0 aliphatic carbocycles. The standard InChI is InChI=1S/C10H19N5O2/c1-16-5-3-11-6-10-12-13-14-15(10)7-9-2-4-17-8-9/h9,11H,2-8H2,1H3. The third-order valence-electron chi connectivity index (χ3n) is 2.83. The Bertz CT molecular complexity index is 324. The van der Waals surface area contributed by atoms with Crippen LogP contribution in [0.3, 0.4) is 0 Å². The summed E-state index contributed by atoms with van der Waals surface area (Å²) in [5, 5.41) is 15.0. The molecule has 0 amide bonds. The summed E-state index contributed by atoms with van der Waals surface area (Å²) in [5.41, 5.74) is 0. The second-order valence-electron chi connectivity index (χ2n) is 4.18. The molecular formula is C10H19N5O2. The van der Waals surface area contributed by atoms with Gasteiger partial charge in [-0.1, -0.05) is 0 Å². The highest BCUT2D eigenvalue weighted by Gasteiger charge is 2.18. The molecule has 1 atom stereocenters. The van der Waals surface area contributed by atoms with Gasteiger partial charge in [0, 0.05) is 32.7 Å². The molecule has 1 aromatic rings. The maximum Gasteiger partial charge on any atom is 0.165 e. The van der Waals surface area contributed by atoms with Gasteiger partial charge < -0.3 is 14.8 Å². The molecule has 0 spiro atoms. The Kier molecular flexibility index (Phi) is 4.84. The number of rotatable bonds is 7. The van der Waals surface area contributed by atoms with Gasteiger partial charge in [-0.05, 0) is 16.8 Å². The van der Waals surface area contributed by atoms with Crippen molar-refractivity contribution in [2.24, 2.45) is 5.92 Å². The molecule has 0 bridgehead atoms. The van der Waals surface area contributed by atoms with Crippen molar-refractivity contribution in [2.75, 3.05) is 33.5 Å². The summed E-state index contributed by atoms with van der Waals surface area (Å²) in [6.45, 7) is 4.68. The number of nitrogens with one attached hydrogen (secondary N) is 1. The number of nitrogens with zero attached hydrogens (tertiary/aromatic N) is 4. The van der Waals surface area contributed by atoms with Gasteiger partial charge in [0.1, 0.15) is 0 Å². The summed E-state index contributed by atoms with van der Waals surface area (Å²) < 4.78 is 12.2. The maximum atomic E-state index is 5.34. The quantitative estimate of drug-likeness (QED) is 0.645. The van der Waals surface area contributed by atoms with Crippen LogP contribution in [0.2, 0.25) is 0 Å². The van der Waals surface area contributed by atoms with Crippen molar-refractivity contribution in [1.82, 2.24) is 25.5 Å². The zero-order valence-corrected chi connectivity index (χ0v) is 10.1. The SMILES string of the molecule is COCCNCc1nnnn1CC1CCOC1. The topological polar surface area (TPSA) is 74.1 Å². The number of ether oxygens (including phenoxy) is 2. The molecule has 96 valence electrons. The number of hydrogen-bond acceptors (Lipinski definition) is 6. The van der Waals surface area contributed by atoms with Crippen molar-refractivity contribution in [3.05, 3.63) is 5.82 Å². The highest BCUT2D eigenvalue weighted by molar-refractivity contribution is 4.81. The third kappa shape index (κ3) is 3.72. The fourth-order valence-corrected chi connectivity index (χ4v) is 1.84. The first kappa shape index (κ1) is 12.4. The fraction of sp³-hybridized carbons (Fsp3) is 0.900. The normalized spacial score (nSPS) is 19.9. The number of aromatic nitrogens is 4. The molecule has 0 radical (unpaired) electrons. The molecule has 1 aliphatic heterocycles. The van der Waals surface area contributed by atoms with Gasteiger partial charge in [-0.3, -0.25) is 0 Å².